The van der Waals surface area contributed by atoms with Gasteiger partial charge in [0, 0.05) is 31.3 Å². The summed E-state index contributed by atoms with van der Waals surface area (Å²) in [5.74, 6) is -1.31. The Kier molecular flexibility index (Phi) is 14.8. The van der Waals surface area contributed by atoms with E-state index in [1.807, 2.05) is 18.2 Å². The summed E-state index contributed by atoms with van der Waals surface area (Å²) in [6.45, 7) is 4.61. The molecule has 3 amide bonds. The van der Waals surface area contributed by atoms with Gasteiger partial charge in [0.05, 0.1) is 20.3 Å². The number of nitrogens with one attached hydrogen (secondary N) is 3. The molecule has 0 saturated carbocycles. The van der Waals surface area contributed by atoms with Crippen molar-refractivity contribution in [2.45, 2.75) is 62.7 Å². The van der Waals surface area contributed by atoms with Crippen LogP contribution in [0.15, 0.2) is 53.7 Å². The predicted molar refractivity (Wildman–Crippen MR) is 168 cm³/mol. The van der Waals surface area contributed by atoms with Crippen LogP contribution in [-0.4, -0.2) is 89.5 Å². The number of hydrazine groups is 1. The number of methoxy groups -OCH3 is 1. The topological polar surface area (TPSA) is 159 Å². The van der Waals surface area contributed by atoms with Gasteiger partial charge in [0.1, 0.15) is 28.9 Å². The molecule has 0 aliphatic carbocycles. The number of pyridine rings is 1. The van der Waals surface area contributed by atoms with Crippen LogP contribution in [0.4, 0.5) is 0 Å². The molecule has 0 spiro atoms. The Bertz CT molecular complexity index is 1240. The van der Waals surface area contributed by atoms with E-state index in [0.717, 1.165) is 10.8 Å². The van der Waals surface area contributed by atoms with Gasteiger partial charge in [-0.3, -0.25) is 24.2 Å². The Balaban J connectivity index is 1.55. The summed E-state index contributed by atoms with van der Waals surface area (Å²) in [6, 6.07) is 9.53. The van der Waals surface area contributed by atoms with Crippen molar-refractivity contribution in [2.24, 2.45) is 5.92 Å². The quantitative estimate of drug-likeness (QED) is 0.120. The molecule has 44 heavy (non-hydrogen) atoms. The third-order valence-corrected chi connectivity index (χ3v) is 8.96. The number of ether oxygens (including phenoxy) is 2. The molecule has 2 heterocycles. The number of benzene rings is 1. The lowest BCUT2D eigenvalue weighted by Crippen LogP contribution is -2.62. The Hall–Kier alpha value is -3.33. The van der Waals surface area contributed by atoms with E-state index in [2.05, 4.69) is 21.0 Å². The predicted octanol–water partition coefficient (Wildman–Crippen LogP) is 2.47. The molecule has 240 valence electrons. The summed E-state index contributed by atoms with van der Waals surface area (Å²) < 4.78 is 10.4. The van der Waals surface area contributed by atoms with Crippen LogP contribution in [0.2, 0.25) is 0 Å². The van der Waals surface area contributed by atoms with Crippen molar-refractivity contribution in [3.63, 3.8) is 0 Å². The summed E-state index contributed by atoms with van der Waals surface area (Å²) >= 11 is 0. The van der Waals surface area contributed by atoms with Crippen LogP contribution >= 0.6 is 21.6 Å². The van der Waals surface area contributed by atoms with Gasteiger partial charge in [-0.1, -0.05) is 42.8 Å². The smallest absolute Gasteiger partial charge is 0.324 e. The van der Waals surface area contributed by atoms with E-state index >= 15 is 0 Å². The van der Waals surface area contributed by atoms with Gasteiger partial charge in [-0.25, -0.2) is 10.4 Å². The standard InChI is InChI=1S/C30H41N5O7S2/c1-20(2)27(33-25(37)12-15-42-16-17-43-44-26-11-4-5-13-31-26)28(38)32-24(19-21-8-6-9-22(36)18-21)29(39)35-14-7-10-23(34-35)30(40)41-3/h4-6,8-9,11,13,18,20,23-24,27,34,36H,7,10,12,14-17,19H2,1-3H3,(H,32,38)(H,33,37)/t23-,24-,27?/m0/s1. The highest BCUT2D eigenvalue weighted by atomic mass is 33.1. The van der Waals surface area contributed by atoms with E-state index in [1.54, 1.807) is 53.8 Å². The van der Waals surface area contributed by atoms with E-state index in [0.29, 0.717) is 31.6 Å². The Morgan fingerprint density at radius 2 is 1.95 bits per heavy atom. The zero-order valence-corrected chi connectivity index (χ0v) is 26.8. The number of amides is 3. The molecule has 1 fully saturated rings. The highest BCUT2D eigenvalue weighted by molar-refractivity contribution is 8.76. The number of esters is 1. The second-order valence-electron chi connectivity index (χ2n) is 10.5. The van der Waals surface area contributed by atoms with Gasteiger partial charge in [-0.2, -0.15) is 0 Å². The number of nitrogens with zero attached hydrogens (tertiary/aromatic N) is 2. The van der Waals surface area contributed by atoms with Gasteiger partial charge in [0.25, 0.3) is 5.91 Å². The number of carbonyl (C=O) groups excluding carboxylic acids is 4. The van der Waals surface area contributed by atoms with E-state index in [9.17, 15) is 24.3 Å². The number of aromatic nitrogens is 1. The molecule has 14 heteroatoms. The first-order valence-electron chi connectivity index (χ1n) is 14.5. The molecule has 0 radical (unpaired) electrons. The molecule has 3 atom stereocenters. The molecular weight excluding hydrogens is 606 g/mol. The van der Waals surface area contributed by atoms with Gasteiger partial charge in [0.2, 0.25) is 11.8 Å². The minimum absolute atomic E-state index is 0.0296. The maximum absolute atomic E-state index is 13.6. The summed E-state index contributed by atoms with van der Waals surface area (Å²) in [7, 11) is 4.45. The third kappa shape index (κ3) is 11.6. The molecular formula is C30H41N5O7S2. The number of hydrogen-bond donors (Lipinski definition) is 4. The number of hydrogen-bond acceptors (Lipinski definition) is 11. The van der Waals surface area contributed by atoms with Crippen LogP contribution in [-0.2, 0) is 35.1 Å². The first-order valence-corrected chi connectivity index (χ1v) is 16.8. The first kappa shape index (κ1) is 35.2. The molecule has 12 nitrogen and oxygen atoms in total. The summed E-state index contributed by atoms with van der Waals surface area (Å²) in [6.07, 6.45) is 2.98. The van der Waals surface area contributed by atoms with Crippen LogP contribution in [0.1, 0.15) is 38.7 Å². The number of phenolic OH excluding ortho intramolecular Hbond substituents is 1. The van der Waals surface area contributed by atoms with Crippen LogP contribution in [0.25, 0.3) is 0 Å². The monoisotopic (exact) mass is 647 g/mol. The van der Waals surface area contributed by atoms with Gasteiger partial charge in [-0.05, 0) is 59.4 Å². The fraction of sp³-hybridized carbons (Fsp3) is 0.500. The zero-order chi connectivity index (χ0) is 31.9. The average molecular weight is 648 g/mol. The fourth-order valence-corrected chi connectivity index (χ4v) is 6.21. The van der Waals surface area contributed by atoms with Crippen molar-refractivity contribution in [1.82, 2.24) is 26.1 Å². The summed E-state index contributed by atoms with van der Waals surface area (Å²) in [5, 5.41) is 17.8. The van der Waals surface area contributed by atoms with Crippen molar-refractivity contribution in [1.29, 1.82) is 0 Å². The van der Waals surface area contributed by atoms with Gasteiger partial charge in [0.15, 0.2) is 0 Å². The minimum atomic E-state index is -1.03. The first-order chi connectivity index (χ1) is 21.2. The van der Waals surface area contributed by atoms with E-state index in [1.165, 1.54) is 24.3 Å². The van der Waals surface area contributed by atoms with E-state index < -0.39 is 35.9 Å². The van der Waals surface area contributed by atoms with Crippen molar-refractivity contribution in [3.05, 3.63) is 54.2 Å². The SMILES string of the molecule is COC(=O)[C@@H]1CCCN(C(=O)[C@H](Cc2cccc(O)c2)NC(=O)C(NC(=O)CCOCCSSc2ccccn2)C(C)C)N1. The number of carbonyl (C=O) groups is 4. The highest BCUT2D eigenvalue weighted by Crippen LogP contribution is 2.28. The maximum Gasteiger partial charge on any atom is 0.324 e. The molecule has 1 aromatic carbocycles. The fourth-order valence-electron chi connectivity index (χ4n) is 4.47. The van der Waals surface area contributed by atoms with Crippen LogP contribution in [0, 0.1) is 5.92 Å². The second kappa shape index (κ2) is 18.5. The van der Waals surface area contributed by atoms with Crippen molar-refractivity contribution >= 4 is 45.3 Å². The number of aromatic hydroxyl groups is 1. The van der Waals surface area contributed by atoms with Gasteiger partial charge < -0.3 is 25.2 Å². The maximum atomic E-state index is 13.6. The Morgan fingerprint density at radius 3 is 2.66 bits per heavy atom. The lowest BCUT2D eigenvalue weighted by molar-refractivity contribution is -0.151. The molecule has 1 aliphatic heterocycles. The second-order valence-corrected chi connectivity index (χ2v) is 12.9. The van der Waals surface area contributed by atoms with Crippen molar-refractivity contribution in [2.75, 3.05) is 32.6 Å². The number of rotatable bonds is 16. The Morgan fingerprint density at radius 1 is 1.14 bits per heavy atom. The third-order valence-electron chi connectivity index (χ3n) is 6.74. The van der Waals surface area contributed by atoms with Crippen LogP contribution in [0.3, 0.4) is 0 Å². The molecule has 2 aromatic rings. The minimum Gasteiger partial charge on any atom is -0.508 e. The number of phenols is 1. The lowest BCUT2D eigenvalue weighted by Gasteiger charge is -2.35. The van der Waals surface area contributed by atoms with Crippen LogP contribution < -0.4 is 16.1 Å². The molecule has 1 unspecified atom stereocenters. The van der Waals surface area contributed by atoms with E-state index in [-0.39, 0.29) is 37.0 Å². The molecule has 0 bridgehead atoms. The molecule has 3 rings (SSSR count). The van der Waals surface area contributed by atoms with Crippen LogP contribution in [0.5, 0.6) is 5.75 Å². The molecule has 1 aromatic heterocycles. The normalized spacial score (nSPS) is 16.2. The molecule has 1 aliphatic rings. The lowest BCUT2D eigenvalue weighted by atomic mass is 10.00. The average Bonchev–Trinajstić information content (AvgIpc) is 3.02. The van der Waals surface area contributed by atoms with Gasteiger partial charge >= 0.3 is 5.97 Å². The largest absolute Gasteiger partial charge is 0.508 e. The molecule has 4 N–H and O–H groups in total. The van der Waals surface area contributed by atoms with Crippen molar-refractivity contribution < 1.29 is 33.8 Å². The van der Waals surface area contributed by atoms with E-state index in [4.69, 9.17) is 9.47 Å². The molecule has 1 saturated heterocycles. The van der Waals surface area contributed by atoms with Crippen molar-refractivity contribution in [3.8, 4) is 5.75 Å². The highest BCUT2D eigenvalue weighted by Gasteiger charge is 2.34. The summed E-state index contributed by atoms with van der Waals surface area (Å²) in [5.41, 5.74) is 3.54. The van der Waals surface area contributed by atoms with Gasteiger partial charge in [-0.15, -0.1) is 0 Å². The summed E-state index contributed by atoms with van der Waals surface area (Å²) in [4.78, 5) is 56.2. The zero-order valence-electron chi connectivity index (χ0n) is 25.2. The Labute approximate surface area is 265 Å².